The predicted octanol–water partition coefficient (Wildman–Crippen LogP) is 1.22. The molecule has 1 aliphatic rings. The molecule has 0 spiro atoms. The van der Waals surface area contributed by atoms with Gasteiger partial charge < -0.3 is 10.5 Å². The number of alkyl halides is 3. The maximum atomic E-state index is 12.6. The van der Waals surface area contributed by atoms with Gasteiger partial charge in [-0.3, -0.25) is 4.79 Å². The highest BCUT2D eigenvalue weighted by Crippen LogP contribution is 2.46. The van der Waals surface area contributed by atoms with Crippen LogP contribution in [-0.2, 0) is 9.53 Å². The molecule has 2 unspecified atom stereocenters. The summed E-state index contributed by atoms with van der Waals surface area (Å²) in [6.45, 7) is 2.34. The van der Waals surface area contributed by atoms with Crippen LogP contribution >= 0.6 is 0 Å². The maximum absolute atomic E-state index is 12.6. The molecule has 0 aromatic carbocycles. The minimum Gasteiger partial charge on any atom is -0.367 e. The number of primary amides is 1. The SMILES string of the molecule is CC1C[C@@H](C(N)=O)OC1(C)C(F)(F)F. The van der Waals surface area contributed by atoms with Crippen LogP contribution in [0.1, 0.15) is 20.3 Å². The summed E-state index contributed by atoms with van der Waals surface area (Å²) < 4.78 is 42.4. The molecular formula is C8H12F3NO2. The molecule has 1 aliphatic heterocycles. The third kappa shape index (κ3) is 1.58. The van der Waals surface area contributed by atoms with Gasteiger partial charge in [0.05, 0.1) is 0 Å². The molecular weight excluding hydrogens is 199 g/mol. The summed E-state index contributed by atoms with van der Waals surface area (Å²) in [4.78, 5) is 10.7. The molecule has 6 heteroatoms. The topological polar surface area (TPSA) is 52.3 Å². The van der Waals surface area contributed by atoms with Gasteiger partial charge in [0.1, 0.15) is 6.10 Å². The third-order valence-electron chi connectivity index (χ3n) is 2.78. The Morgan fingerprint density at radius 3 is 2.29 bits per heavy atom. The van der Waals surface area contributed by atoms with Crippen LogP contribution in [0.25, 0.3) is 0 Å². The minimum atomic E-state index is -4.48. The van der Waals surface area contributed by atoms with E-state index in [1.807, 2.05) is 0 Å². The molecule has 1 heterocycles. The Hall–Kier alpha value is -0.780. The fraction of sp³-hybridized carbons (Fsp3) is 0.875. The highest BCUT2D eigenvalue weighted by Gasteiger charge is 2.61. The Bertz CT molecular complexity index is 253. The van der Waals surface area contributed by atoms with Crippen LogP contribution in [0, 0.1) is 5.92 Å². The zero-order chi connectivity index (χ0) is 11.1. The van der Waals surface area contributed by atoms with Gasteiger partial charge in [0.2, 0.25) is 5.91 Å². The number of rotatable bonds is 1. The molecule has 0 radical (unpaired) electrons. The molecule has 0 saturated carbocycles. The van der Waals surface area contributed by atoms with Crippen LogP contribution in [0.5, 0.6) is 0 Å². The Morgan fingerprint density at radius 1 is 1.57 bits per heavy atom. The van der Waals surface area contributed by atoms with Crippen molar-refractivity contribution < 1.29 is 22.7 Å². The first-order valence-electron chi connectivity index (χ1n) is 4.22. The highest BCUT2D eigenvalue weighted by molar-refractivity contribution is 5.79. The molecule has 82 valence electrons. The van der Waals surface area contributed by atoms with Gasteiger partial charge in [-0.25, -0.2) is 0 Å². The Kier molecular flexibility index (Phi) is 2.51. The Morgan fingerprint density at radius 2 is 2.07 bits per heavy atom. The average Bonchev–Trinajstić information content (AvgIpc) is 2.28. The summed E-state index contributed by atoms with van der Waals surface area (Å²) >= 11 is 0. The molecule has 1 amide bonds. The van der Waals surface area contributed by atoms with Crippen molar-refractivity contribution in [3.8, 4) is 0 Å². The Balaban J connectivity index is 2.88. The van der Waals surface area contributed by atoms with Crippen molar-refractivity contribution >= 4 is 5.91 Å². The van der Waals surface area contributed by atoms with E-state index in [-0.39, 0.29) is 6.42 Å². The maximum Gasteiger partial charge on any atom is 0.417 e. The summed E-state index contributed by atoms with van der Waals surface area (Å²) in [5, 5.41) is 0. The van der Waals surface area contributed by atoms with Crippen molar-refractivity contribution in [3.05, 3.63) is 0 Å². The third-order valence-corrected chi connectivity index (χ3v) is 2.78. The fourth-order valence-corrected chi connectivity index (χ4v) is 1.53. The number of amides is 1. The van der Waals surface area contributed by atoms with Crippen molar-refractivity contribution in [2.75, 3.05) is 0 Å². The van der Waals surface area contributed by atoms with E-state index in [2.05, 4.69) is 4.74 Å². The van der Waals surface area contributed by atoms with Gasteiger partial charge in [-0.15, -0.1) is 0 Å². The number of carbonyl (C=O) groups excluding carboxylic acids is 1. The van der Waals surface area contributed by atoms with E-state index in [4.69, 9.17) is 5.73 Å². The van der Waals surface area contributed by atoms with Gasteiger partial charge in [0.15, 0.2) is 5.60 Å². The van der Waals surface area contributed by atoms with Crippen molar-refractivity contribution in [2.45, 2.75) is 38.1 Å². The van der Waals surface area contributed by atoms with Crippen LogP contribution in [0.3, 0.4) is 0 Å². The van der Waals surface area contributed by atoms with Gasteiger partial charge in [0, 0.05) is 0 Å². The largest absolute Gasteiger partial charge is 0.417 e. The lowest BCUT2D eigenvalue weighted by Gasteiger charge is -2.30. The van der Waals surface area contributed by atoms with Crippen LogP contribution in [-0.4, -0.2) is 23.8 Å². The molecule has 1 rings (SSSR count). The standard InChI is InChI=1S/C8H12F3NO2/c1-4-3-5(6(12)13)14-7(4,2)8(9,10)11/h4-5H,3H2,1-2H3,(H2,12,13)/t4?,5-,7?/m0/s1. The second kappa shape index (κ2) is 3.12. The lowest BCUT2D eigenvalue weighted by molar-refractivity contribution is -0.272. The molecule has 3 atom stereocenters. The predicted molar refractivity (Wildman–Crippen MR) is 42.3 cm³/mol. The zero-order valence-electron chi connectivity index (χ0n) is 7.89. The van der Waals surface area contributed by atoms with Crippen molar-refractivity contribution in [1.29, 1.82) is 0 Å². The number of hydrogen-bond donors (Lipinski definition) is 1. The monoisotopic (exact) mass is 211 g/mol. The molecule has 0 aromatic rings. The lowest BCUT2D eigenvalue weighted by Crippen LogP contribution is -2.47. The molecule has 1 saturated heterocycles. The first-order chi connectivity index (χ1) is 6.18. The van der Waals surface area contributed by atoms with Gasteiger partial charge in [0.25, 0.3) is 0 Å². The van der Waals surface area contributed by atoms with Crippen LogP contribution in [0.2, 0.25) is 0 Å². The zero-order valence-corrected chi connectivity index (χ0v) is 7.89. The van der Waals surface area contributed by atoms with E-state index in [1.54, 1.807) is 0 Å². The first kappa shape index (κ1) is 11.3. The summed E-state index contributed by atoms with van der Waals surface area (Å²) in [7, 11) is 0. The molecule has 1 fully saturated rings. The molecule has 0 aliphatic carbocycles. The summed E-state index contributed by atoms with van der Waals surface area (Å²) in [6, 6.07) is 0. The van der Waals surface area contributed by atoms with E-state index < -0.39 is 29.7 Å². The van der Waals surface area contributed by atoms with E-state index in [0.29, 0.717) is 0 Å². The van der Waals surface area contributed by atoms with Crippen molar-refractivity contribution in [3.63, 3.8) is 0 Å². The number of nitrogens with two attached hydrogens (primary N) is 1. The van der Waals surface area contributed by atoms with Gasteiger partial charge in [-0.05, 0) is 19.3 Å². The second-order valence-electron chi connectivity index (χ2n) is 3.75. The molecule has 0 bridgehead atoms. The van der Waals surface area contributed by atoms with Crippen molar-refractivity contribution in [1.82, 2.24) is 0 Å². The van der Waals surface area contributed by atoms with E-state index >= 15 is 0 Å². The highest BCUT2D eigenvalue weighted by atomic mass is 19.4. The van der Waals surface area contributed by atoms with E-state index in [9.17, 15) is 18.0 Å². The minimum absolute atomic E-state index is 0.0192. The molecule has 3 nitrogen and oxygen atoms in total. The number of ether oxygens (including phenoxy) is 1. The van der Waals surface area contributed by atoms with Crippen LogP contribution < -0.4 is 5.73 Å². The number of halogens is 3. The summed E-state index contributed by atoms with van der Waals surface area (Å²) in [5.74, 6) is -1.61. The summed E-state index contributed by atoms with van der Waals surface area (Å²) in [5.41, 5.74) is 2.64. The van der Waals surface area contributed by atoms with Gasteiger partial charge >= 0.3 is 6.18 Å². The van der Waals surface area contributed by atoms with Gasteiger partial charge in [-0.1, -0.05) is 6.92 Å². The van der Waals surface area contributed by atoms with Crippen LogP contribution in [0.4, 0.5) is 13.2 Å². The second-order valence-corrected chi connectivity index (χ2v) is 3.75. The van der Waals surface area contributed by atoms with E-state index in [0.717, 1.165) is 6.92 Å². The molecule has 2 N–H and O–H groups in total. The Labute approximate surface area is 79.4 Å². The fourth-order valence-electron chi connectivity index (χ4n) is 1.53. The van der Waals surface area contributed by atoms with Gasteiger partial charge in [-0.2, -0.15) is 13.2 Å². The van der Waals surface area contributed by atoms with E-state index in [1.165, 1.54) is 6.92 Å². The normalized spacial score (nSPS) is 38.6. The molecule has 14 heavy (non-hydrogen) atoms. The van der Waals surface area contributed by atoms with Crippen LogP contribution in [0.15, 0.2) is 0 Å². The average molecular weight is 211 g/mol. The smallest absolute Gasteiger partial charge is 0.367 e. The molecule has 0 aromatic heterocycles. The lowest BCUT2D eigenvalue weighted by atomic mass is 9.89. The quantitative estimate of drug-likeness (QED) is 0.708. The van der Waals surface area contributed by atoms with Crippen molar-refractivity contribution in [2.24, 2.45) is 11.7 Å². The first-order valence-corrected chi connectivity index (χ1v) is 4.22. The summed E-state index contributed by atoms with van der Waals surface area (Å²) in [6.07, 6.45) is -5.58. The number of hydrogen-bond acceptors (Lipinski definition) is 2. The number of carbonyl (C=O) groups is 1.